The van der Waals surface area contributed by atoms with Gasteiger partial charge in [0.1, 0.15) is 12.1 Å². The lowest BCUT2D eigenvalue weighted by atomic mass is 10.1. The fourth-order valence-electron chi connectivity index (χ4n) is 5.04. The van der Waals surface area contributed by atoms with Crippen LogP contribution < -0.4 is 10.6 Å². The lowest BCUT2D eigenvalue weighted by Crippen LogP contribution is -2.50. The number of rotatable bonds is 20. The van der Waals surface area contributed by atoms with E-state index in [9.17, 15) is 19.2 Å². The van der Waals surface area contributed by atoms with E-state index in [-0.39, 0.29) is 61.9 Å². The summed E-state index contributed by atoms with van der Waals surface area (Å²) in [5, 5.41) is 5.75. The standard InChI is InChI=1S/C30H48N8O6S2/c1-5-37(6-2)29(41)23(13-21-15-31-19-33-21)35-27(39)9-11-43-25-17-45-46-18-26(25)44-12-10-28(40)36-24(14-22-16-32-20-34-22)30(42)38(7-3)8-4/h15-16,19-20,23-26H,5-14,17-18H2,1-4H3,(H,31,33)(H,32,34)(H,35,39)(H,36,40)/t23?,24?,25-,26-/m1/s1. The number of aromatic amines is 2. The minimum Gasteiger partial charge on any atom is -0.374 e. The van der Waals surface area contributed by atoms with Gasteiger partial charge in [-0.15, -0.1) is 0 Å². The normalized spacial score (nSPS) is 17.6. The first-order chi connectivity index (χ1) is 22.3. The van der Waals surface area contributed by atoms with Crippen molar-refractivity contribution in [1.82, 2.24) is 40.4 Å². The third kappa shape index (κ3) is 11.9. The van der Waals surface area contributed by atoms with Crippen LogP contribution in [-0.4, -0.2) is 129 Å². The lowest BCUT2D eigenvalue weighted by Gasteiger charge is -2.30. The summed E-state index contributed by atoms with van der Waals surface area (Å²) in [5.74, 6) is 0.518. The van der Waals surface area contributed by atoms with E-state index in [1.54, 1.807) is 56.4 Å². The first-order valence-electron chi connectivity index (χ1n) is 15.9. The number of likely N-dealkylation sites (N-methyl/N-ethyl adjacent to an activating group) is 2. The molecule has 0 spiro atoms. The molecule has 4 N–H and O–H groups in total. The van der Waals surface area contributed by atoms with Crippen molar-refractivity contribution in [1.29, 1.82) is 0 Å². The molecule has 1 saturated heterocycles. The summed E-state index contributed by atoms with van der Waals surface area (Å²) in [6.45, 7) is 10.2. The van der Waals surface area contributed by atoms with E-state index in [1.165, 1.54) is 0 Å². The zero-order valence-electron chi connectivity index (χ0n) is 27.2. The highest BCUT2D eigenvalue weighted by molar-refractivity contribution is 8.76. The molecule has 1 aliphatic rings. The second-order valence-electron chi connectivity index (χ2n) is 10.7. The largest absolute Gasteiger partial charge is 0.374 e. The number of carbonyl (C=O) groups is 4. The number of carbonyl (C=O) groups excluding carboxylic acids is 4. The maximum atomic E-state index is 13.1. The second-order valence-corrected chi connectivity index (χ2v) is 13.3. The second kappa shape index (κ2) is 20.2. The van der Waals surface area contributed by atoms with Crippen LogP contribution in [-0.2, 0) is 41.5 Å². The van der Waals surface area contributed by atoms with Gasteiger partial charge in [-0.2, -0.15) is 0 Å². The van der Waals surface area contributed by atoms with Gasteiger partial charge in [0.15, 0.2) is 0 Å². The predicted octanol–water partition coefficient (Wildman–Crippen LogP) is 1.57. The highest BCUT2D eigenvalue weighted by atomic mass is 33.1. The Bertz CT molecular complexity index is 1100. The molecule has 1 aliphatic heterocycles. The highest BCUT2D eigenvalue weighted by Gasteiger charge is 2.30. The molecule has 0 aromatic carbocycles. The molecule has 14 nitrogen and oxygen atoms in total. The van der Waals surface area contributed by atoms with Gasteiger partial charge in [0, 0.05) is 87.1 Å². The quantitative estimate of drug-likeness (QED) is 0.150. The van der Waals surface area contributed by atoms with E-state index in [0.717, 1.165) is 11.4 Å². The van der Waals surface area contributed by atoms with Crippen molar-refractivity contribution in [3.63, 3.8) is 0 Å². The lowest BCUT2D eigenvalue weighted by molar-refractivity contribution is -0.137. The van der Waals surface area contributed by atoms with Gasteiger partial charge in [0.25, 0.3) is 0 Å². The molecule has 46 heavy (non-hydrogen) atoms. The summed E-state index contributed by atoms with van der Waals surface area (Å²) >= 11 is 0. The van der Waals surface area contributed by atoms with Crippen molar-refractivity contribution in [3.8, 4) is 0 Å². The average Bonchev–Trinajstić information content (AvgIpc) is 3.77. The third-order valence-corrected chi connectivity index (χ3v) is 10.1. The molecule has 0 bridgehead atoms. The van der Waals surface area contributed by atoms with Crippen molar-refractivity contribution in [2.24, 2.45) is 0 Å². The molecule has 3 rings (SSSR count). The van der Waals surface area contributed by atoms with Crippen LogP contribution in [0.4, 0.5) is 0 Å². The summed E-state index contributed by atoms with van der Waals surface area (Å²) in [7, 11) is 3.34. The van der Waals surface area contributed by atoms with Gasteiger partial charge in [-0.1, -0.05) is 21.6 Å². The summed E-state index contributed by atoms with van der Waals surface area (Å²) in [6.07, 6.45) is 6.68. The Morgan fingerprint density at radius 3 is 1.48 bits per heavy atom. The minimum absolute atomic E-state index is 0.0900. The zero-order valence-corrected chi connectivity index (χ0v) is 28.8. The molecule has 16 heteroatoms. The van der Waals surface area contributed by atoms with E-state index in [2.05, 4.69) is 30.6 Å². The van der Waals surface area contributed by atoms with Gasteiger partial charge in [0.05, 0.1) is 38.1 Å². The molecular formula is C30H48N8O6S2. The molecule has 0 radical (unpaired) electrons. The van der Waals surface area contributed by atoms with Crippen molar-refractivity contribution in [2.45, 2.75) is 77.7 Å². The number of amides is 4. The van der Waals surface area contributed by atoms with Gasteiger partial charge in [-0.3, -0.25) is 19.2 Å². The summed E-state index contributed by atoms with van der Waals surface area (Å²) in [5.41, 5.74) is 1.52. The van der Waals surface area contributed by atoms with Crippen LogP contribution in [0.15, 0.2) is 25.0 Å². The van der Waals surface area contributed by atoms with Crippen LogP contribution in [0, 0.1) is 0 Å². The van der Waals surface area contributed by atoms with Crippen LogP contribution in [0.5, 0.6) is 0 Å². The van der Waals surface area contributed by atoms with E-state index in [4.69, 9.17) is 9.47 Å². The van der Waals surface area contributed by atoms with Crippen LogP contribution >= 0.6 is 21.6 Å². The Hall–Kier alpha value is -3.08. The molecule has 0 saturated carbocycles. The number of H-pyrrole nitrogens is 2. The molecule has 2 aromatic heterocycles. The molecule has 2 unspecified atom stereocenters. The van der Waals surface area contributed by atoms with Crippen LogP contribution in [0.3, 0.4) is 0 Å². The van der Waals surface area contributed by atoms with Gasteiger partial charge in [0.2, 0.25) is 23.6 Å². The molecule has 0 aliphatic carbocycles. The van der Waals surface area contributed by atoms with E-state index in [1.807, 2.05) is 27.7 Å². The number of hydrogen-bond acceptors (Lipinski definition) is 10. The van der Waals surface area contributed by atoms with E-state index >= 15 is 0 Å². The topological polar surface area (TPSA) is 175 Å². The monoisotopic (exact) mass is 680 g/mol. The van der Waals surface area contributed by atoms with Gasteiger partial charge in [-0.25, -0.2) is 9.97 Å². The van der Waals surface area contributed by atoms with Crippen molar-refractivity contribution < 1.29 is 28.7 Å². The Labute approximate surface area is 278 Å². The number of nitrogens with zero attached hydrogens (tertiary/aromatic N) is 4. The minimum atomic E-state index is -0.710. The van der Waals surface area contributed by atoms with Crippen molar-refractivity contribution in [3.05, 3.63) is 36.4 Å². The van der Waals surface area contributed by atoms with Crippen molar-refractivity contribution in [2.75, 3.05) is 50.9 Å². The zero-order chi connectivity index (χ0) is 33.3. The number of aromatic nitrogens is 4. The molecular weight excluding hydrogens is 633 g/mol. The van der Waals surface area contributed by atoms with Gasteiger partial charge >= 0.3 is 0 Å². The smallest absolute Gasteiger partial charge is 0.245 e. The van der Waals surface area contributed by atoms with Gasteiger partial charge in [-0.05, 0) is 27.7 Å². The first kappa shape index (κ1) is 37.4. The Morgan fingerprint density at radius 1 is 0.761 bits per heavy atom. The molecule has 256 valence electrons. The molecule has 1 fully saturated rings. The first-order valence-corrected chi connectivity index (χ1v) is 18.4. The summed E-state index contributed by atoms with van der Waals surface area (Å²) < 4.78 is 12.2. The number of ether oxygens (including phenoxy) is 2. The third-order valence-electron chi connectivity index (χ3n) is 7.66. The number of nitrogens with one attached hydrogen (secondary N) is 4. The summed E-state index contributed by atoms with van der Waals surface area (Å²) in [4.78, 5) is 69.3. The average molecular weight is 681 g/mol. The van der Waals surface area contributed by atoms with E-state index < -0.39 is 12.1 Å². The van der Waals surface area contributed by atoms with E-state index in [0.29, 0.717) is 50.5 Å². The molecule has 4 amide bonds. The Kier molecular flexibility index (Phi) is 16.4. The number of imidazole rings is 2. The molecule has 2 aromatic rings. The molecule has 4 atom stereocenters. The van der Waals surface area contributed by atoms with Crippen LogP contribution in [0.1, 0.15) is 51.9 Å². The van der Waals surface area contributed by atoms with Crippen LogP contribution in [0.25, 0.3) is 0 Å². The number of hydrogen-bond donors (Lipinski definition) is 4. The Morgan fingerprint density at radius 2 is 1.15 bits per heavy atom. The molecule has 3 heterocycles. The maximum absolute atomic E-state index is 13.1. The highest BCUT2D eigenvalue weighted by Crippen LogP contribution is 2.32. The van der Waals surface area contributed by atoms with Crippen molar-refractivity contribution >= 4 is 45.2 Å². The van der Waals surface area contributed by atoms with Crippen LogP contribution in [0.2, 0.25) is 0 Å². The van der Waals surface area contributed by atoms with Gasteiger partial charge < -0.3 is 39.9 Å². The predicted molar refractivity (Wildman–Crippen MR) is 178 cm³/mol. The Balaban J connectivity index is 1.46. The maximum Gasteiger partial charge on any atom is 0.245 e. The fourth-order valence-corrected chi connectivity index (χ4v) is 7.50. The SMILES string of the molecule is CCN(CC)C(=O)C(Cc1cnc[nH]1)NC(=O)CCO[C@@H]1CSSC[C@H]1OCCC(=O)NC(Cc1cnc[nH]1)C(=O)N(CC)CC. The summed E-state index contributed by atoms with van der Waals surface area (Å²) in [6, 6.07) is -1.42. The fraction of sp³-hybridized carbons (Fsp3) is 0.667.